The fourth-order valence-corrected chi connectivity index (χ4v) is 8.23. The van der Waals surface area contributed by atoms with Crippen LogP contribution in [0, 0.1) is 0 Å². The maximum absolute atomic E-state index is 14.3. The molecule has 0 spiro atoms. The average molecular weight is 1210 g/mol. The van der Waals surface area contributed by atoms with E-state index >= 15 is 0 Å². The van der Waals surface area contributed by atoms with Crippen molar-refractivity contribution in [1.82, 2.24) is 16.0 Å². The third-order valence-corrected chi connectivity index (χ3v) is 12.6. The van der Waals surface area contributed by atoms with E-state index in [-0.39, 0.29) is 157 Å². The minimum atomic E-state index is -1.33. The second kappa shape index (κ2) is 34.0. The standard InChI is InChI=1S/C55H74N18O14/c1-84-40-16-11-28(24-32(40)45(57)76)68-50(81)37(8-5-21-64-53(58)59)71-47(78)34-26-30(13-18-42(34)86-3)70-52(83)39(10-7-23-66-55(62)63)73-48(79)35-27-31(14-19-43(35)87-4)69-51(82)38(9-6-22-65-54(60)61)72-46(77)33-25-29(12-17-41(33)85-2)67-49(80)36(56)15-20-44(74)75/h11-14,16-19,24-27,36-39H,5-10,15,20-23,56H2,1-4H3,(H2,57,76)(H,67,80)(H,68,81)(H,69,82)(H,70,83)(H,71,78)(H,72,77)(H,73,79)(H,74,75)(H4,58,59,64)(H4,60,61,65)(H4,62,63,66)/t36-,37-,38-,39-/m1/s1. The molecule has 0 radical (unpaired) electrons. The normalized spacial score (nSPS) is 11.9. The topological polar surface area (TPSA) is 540 Å². The summed E-state index contributed by atoms with van der Waals surface area (Å²) in [7, 11) is 5.22. The van der Waals surface area contributed by atoms with Gasteiger partial charge in [-0.15, -0.1) is 0 Å². The van der Waals surface area contributed by atoms with Crippen molar-refractivity contribution >= 4 is 93.9 Å². The zero-order chi connectivity index (χ0) is 64.3. The number of nitrogens with one attached hydrogen (secondary N) is 7. The Balaban J connectivity index is 1.61. The van der Waals surface area contributed by atoms with Crippen LogP contribution in [0.1, 0.15) is 92.8 Å². The number of carboxylic acid groups (broad SMARTS) is 1. The first-order chi connectivity index (χ1) is 41.4. The van der Waals surface area contributed by atoms with Crippen molar-refractivity contribution in [2.75, 3.05) is 69.3 Å². The zero-order valence-corrected chi connectivity index (χ0v) is 48.2. The van der Waals surface area contributed by atoms with Gasteiger partial charge in [0.2, 0.25) is 23.6 Å². The summed E-state index contributed by atoms with van der Waals surface area (Å²) < 4.78 is 21.6. The molecule has 0 saturated heterocycles. The Morgan fingerprint density at radius 2 is 0.701 bits per heavy atom. The van der Waals surface area contributed by atoms with Gasteiger partial charge >= 0.3 is 5.97 Å². The molecule has 0 fully saturated rings. The molecule has 0 unspecified atom stereocenters. The lowest BCUT2D eigenvalue weighted by Gasteiger charge is -2.21. The van der Waals surface area contributed by atoms with E-state index in [9.17, 15) is 43.2 Å². The second-order valence-corrected chi connectivity index (χ2v) is 18.9. The summed E-state index contributed by atoms with van der Waals surface area (Å²) in [4.78, 5) is 132. The summed E-state index contributed by atoms with van der Waals surface area (Å²) in [6.07, 6.45) is -0.0100. The number of amides is 8. The summed E-state index contributed by atoms with van der Waals surface area (Å²) in [6.45, 7) is 0.218. The molecule has 32 heteroatoms. The number of anilines is 4. The van der Waals surface area contributed by atoms with Crippen molar-refractivity contribution in [3.05, 3.63) is 95.1 Å². The largest absolute Gasteiger partial charge is 0.496 e. The lowest BCUT2D eigenvalue weighted by atomic mass is 10.1. The number of nitrogens with zero attached hydrogens (tertiary/aromatic N) is 3. The average Bonchev–Trinajstić information content (AvgIpc) is 1.57. The van der Waals surface area contributed by atoms with Gasteiger partial charge in [0.1, 0.15) is 41.1 Å². The minimum Gasteiger partial charge on any atom is -0.496 e. The molecule has 4 aromatic rings. The van der Waals surface area contributed by atoms with E-state index in [4.69, 9.17) is 69.9 Å². The van der Waals surface area contributed by atoms with Gasteiger partial charge < -0.3 is 107 Å². The SMILES string of the molecule is COc1ccc(NC(=O)[C@@H](CCCN=C(N)N)NC(=O)c2cc(NC(=O)[C@@H](CCCN=C(N)N)NC(=O)c3cc(NC(=O)[C@@H](CCCN=C(N)N)NC(=O)c4cc(NC(=O)[C@H](N)CCC(=O)O)ccc4OC)ccc3OC)ccc2OC)cc1C(N)=O. The Morgan fingerprint density at radius 3 is 0.966 bits per heavy atom. The smallest absolute Gasteiger partial charge is 0.303 e. The molecule has 0 heterocycles. The lowest BCUT2D eigenvalue weighted by molar-refractivity contribution is -0.137. The van der Waals surface area contributed by atoms with Crippen LogP contribution in [-0.4, -0.2) is 148 Å². The minimum absolute atomic E-state index is 0.0152. The van der Waals surface area contributed by atoms with E-state index in [2.05, 4.69) is 52.2 Å². The molecule has 24 N–H and O–H groups in total. The number of hydrogen-bond donors (Lipinski definition) is 16. The molecule has 4 atom stereocenters. The van der Waals surface area contributed by atoms with Gasteiger partial charge in [0.25, 0.3) is 23.6 Å². The molecule has 4 aromatic carbocycles. The van der Waals surface area contributed by atoms with Gasteiger partial charge in [0.15, 0.2) is 17.9 Å². The summed E-state index contributed by atoms with van der Waals surface area (Å²) in [5.41, 5.74) is 44.5. The van der Waals surface area contributed by atoms with Crippen LogP contribution < -0.4 is 102 Å². The molecular weight excluding hydrogens is 1140 g/mol. The predicted molar refractivity (Wildman–Crippen MR) is 323 cm³/mol. The van der Waals surface area contributed by atoms with Crippen LogP contribution in [0.15, 0.2) is 87.8 Å². The molecule has 0 saturated carbocycles. The molecule has 468 valence electrons. The Hall–Kier alpha value is -10.9. The van der Waals surface area contributed by atoms with Crippen molar-refractivity contribution in [2.24, 2.45) is 60.8 Å². The predicted octanol–water partition coefficient (Wildman–Crippen LogP) is -0.677. The number of aliphatic carboxylic acids is 1. The first-order valence-corrected chi connectivity index (χ1v) is 26.7. The van der Waals surface area contributed by atoms with Crippen LogP contribution in [-0.2, 0) is 24.0 Å². The number of benzene rings is 4. The van der Waals surface area contributed by atoms with Crippen molar-refractivity contribution < 1.29 is 67.2 Å². The van der Waals surface area contributed by atoms with Crippen LogP contribution in [0.3, 0.4) is 0 Å². The Labute approximate surface area is 499 Å². The Morgan fingerprint density at radius 1 is 0.425 bits per heavy atom. The lowest BCUT2D eigenvalue weighted by Crippen LogP contribution is -2.44. The number of primary amides is 1. The van der Waals surface area contributed by atoms with Gasteiger partial charge in [-0.2, -0.15) is 0 Å². The summed E-state index contributed by atoms with van der Waals surface area (Å²) in [6, 6.07) is 11.4. The molecule has 4 rings (SSSR count). The van der Waals surface area contributed by atoms with Crippen LogP contribution >= 0.6 is 0 Å². The number of hydrogen-bond acceptors (Lipinski definition) is 17. The third kappa shape index (κ3) is 22.0. The van der Waals surface area contributed by atoms with Gasteiger partial charge in [0, 0.05) is 48.8 Å². The first kappa shape index (κ1) is 68.6. The van der Waals surface area contributed by atoms with E-state index in [0.29, 0.717) is 0 Å². The maximum atomic E-state index is 14.3. The number of rotatable bonds is 34. The fourth-order valence-electron chi connectivity index (χ4n) is 8.23. The number of carbonyl (C=O) groups excluding carboxylic acids is 8. The van der Waals surface area contributed by atoms with Gasteiger partial charge in [-0.1, -0.05) is 0 Å². The van der Waals surface area contributed by atoms with Crippen molar-refractivity contribution in [3.63, 3.8) is 0 Å². The van der Waals surface area contributed by atoms with Crippen molar-refractivity contribution in [3.8, 4) is 23.0 Å². The number of methoxy groups -OCH3 is 4. The fraction of sp³-hybridized carbons (Fsp3) is 0.345. The van der Waals surface area contributed by atoms with Crippen LogP contribution in [0.4, 0.5) is 22.7 Å². The highest BCUT2D eigenvalue weighted by molar-refractivity contribution is 6.08. The van der Waals surface area contributed by atoms with E-state index in [1.807, 2.05) is 0 Å². The molecule has 32 nitrogen and oxygen atoms in total. The highest BCUT2D eigenvalue weighted by Crippen LogP contribution is 2.28. The summed E-state index contributed by atoms with van der Waals surface area (Å²) >= 11 is 0. The zero-order valence-electron chi connectivity index (χ0n) is 48.2. The molecule has 8 amide bonds. The molecule has 0 aromatic heterocycles. The highest BCUT2D eigenvalue weighted by Gasteiger charge is 2.29. The van der Waals surface area contributed by atoms with E-state index < -0.39 is 77.4 Å². The molecule has 0 aliphatic rings. The van der Waals surface area contributed by atoms with Crippen molar-refractivity contribution in [2.45, 2.75) is 75.5 Å². The quantitative estimate of drug-likeness (QED) is 0.0157. The molecule has 0 bridgehead atoms. The van der Waals surface area contributed by atoms with Crippen molar-refractivity contribution in [1.29, 1.82) is 0 Å². The third-order valence-electron chi connectivity index (χ3n) is 12.6. The van der Waals surface area contributed by atoms with E-state index in [1.54, 1.807) is 0 Å². The van der Waals surface area contributed by atoms with E-state index in [1.165, 1.54) is 101 Å². The molecule has 87 heavy (non-hydrogen) atoms. The Bertz CT molecular complexity index is 3240. The summed E-state index contributed by atoms with van der Waals surface area (Å²) in [5, 5.41) is 27.7. The van der Waals surface area contributed by atoms with Gasteiger partial charge in [-0.05, 0) is 118 Å². The van der Waals surface area contributed by atoms with Crippen LogP contribution in [0.25, 0.3) is 0 Å². The number of carboxylic acids is 1. The molecule has 0 aliphatic heterocycles. The van der Waals surface area contributed by atoms with Crippen LogP contribution in [0.5, 0.6) is 23.0 Å². The number of guanidine groups is 3. The number of carbonyl (C=O) groups is 9. The number of ether oxygens (including phenoxy) is 4. The van der Waals surface area contributed by atoms with Gasteiger partial charge in [0.05, 0.1) is 56.7 Å². The van der Waals surface area contributed by atoms with E-state index in [0.717, 1.165) is 0 Å². The summed E-state index contributed by atoms with van der Waals surface area (Å²) in [5.74, 6) is -7.74. The number of nitrogens with two attached hydrogens (primary N) is 8. The molecule has 0 aliphatic carbocycles. The van der Waals surface area contributed by atoms with Crippen LogP contribution in [0.2, 0.25) is 0 Å². The Kier molecular flexibility index (Phi) is 26.8. The maximum Gasteiger partial charge on any atom is 0.303 e. The number of aliphatic imine (C=N–C) groups is 3. The monoisotopic (exact) mass is 1210 g/mol. The second-order valence-electron chi connectivity index (χ2n) is 18.9. The highest BCUT2D eigenvalue weighted by atomic mass is 16.5. The van der Waals surface area contributed by atoms with Gasteiger partial charge in [-0.25, -0.2) is 0 Å². The first-order valence-electron chi connectivity index (χ1n) is 26.7. The molecular formula is C55H74N18O14. The van der Waals surface area contributed by atoms with Gasteiger partial charge in [-0.3, -0.25) is 58.1 Å².